The highest BCUT2D eigenvalue weighted by molar-refractivity contribution is 7.99. The summed E-state index contributed by atoms with van der Waals surface area (Å²) in [6.07, 6.45) is 0. The Balaban J connectivity index is 1.37. The maximum Gasteiger partial charge on any atom is 0.262 e. The number of carbonyl (C=O) groups is 1. The van der Waals surface area contributed by atoms with Gasteiger partial charge in [-0.15, -0.1) is 0 Å². The lowest BCUT2D eigenvalue weighted by Gasteiger charge is -2.15. The van der Waals surface area contributed by atoms with Crippen molar-refractivity contribution in [3.05, 3.63) is 114 Å². The Morgan fingerprint density at radius 1 is 0.919 bits per heavy atom. The van der Waals surface area contributed by atoms with Crippen molar-refractivity contribution in [2.24, 2.45) is 0 Å². The molecule has 4 rings (SSSR count). The van der Waals surface area contributed by atoms with Gasteiger partial charge in [-0.1, -0.05) is 84.0 Å². The summed E-state index contributed by atoms with van der Waals surface area (Å²) in [6.45, 7) is 1.47. The van der Waals surface area contributed by atoms with Crippen LogP contribution in [0.1, 0.15) is 18.5 Å². The van der Waals surface area contributed by atoms with Crippen molar-refractivity contribution in [1.29, 1.82) is 0 Å². The standard InChI is InChI=1S/C28H25ClN2O4S2/c1-20(21-10-4-2-5-11-21)31-37(33,34)23-16-17-26(24(29)18-23)35-19-28(32)30-25-14-8-9-15-27(25)36-22-12-6-3-7-13-22/h2-18,20,31H,19H2,1H3,(H,30,32)/t20-/m0/s1. The zero-order chi connectivity index (χ0) is 26.3. The molecule has 0 aliphatic carbocycles. The first-order valence-corrected chi connectivity index (χ1v) is 14.1. The van der Waals surface area contributed by atoms with E-state index in [1.165, 1.54) is 18.2 Å². The molecule has 1 amide bonds. The highest BCUT2D eigenvalue weighted by atomic mass is 35.5. The fourth-order valence-electron chi connectivity index (χ4n) is 3.48. The molecule has 190 valence electrons. The Hall–Kier alpha value is -3.30. The molecule has 0 spiro atoms. The summed E-state index contributed by atoms with van der Waals surface area (Å²) < 4.78 is 33.9. The van der Waals surface area contributed by atoms with Crippen LogP contribution in [0.2, 0.25) is 5.02 Å². The third-order valence-corrected chi connectivity index (χ3v) is 8.25. The van der Waals surface area contributed by atoms with Crippen molar-refractivity contribution in [1.82, 2.24) is 4.72 Å². The van der Waals surface area contributed by atoms with Crippen LogP contribution in [0.15, 0.2) is 118 Å². The first-order chi connectivity index (χ1) is 17.8. The average molecular weight is 553 g/mol. The van der Waals surface area contributed by atoms with Gasteiger partial charge in [0.15, 0.2) is 6.61 Å². The van der Waals surface area contributed by atoms with Gasteiger partial charge in [-0.05, 0) is 55.0 Å². The molecule has 0 aliphatic heterocycles. The summed E-state index contributed by atoms with van der Waals surface area (Å²) in [5, 5.41) is 2.95. The second-order valence-corrected chi connectivity index (χ2v) is 11.3. The van der Waals surface area contributed by atoms with Gasteiger partial charge in [0, 0.05) is 15.8 Å². The molecule has 0 saturated heterocycles. The van der Waals surface area contributed by atoms with E-state index >= 15 is 0 Å². The molecule has 4 aromatic carbocycles. The molecule has 0 saturated carbocycles. The zero-order valence-corrected chi connectivity index (χ0v) is 22.3. The van der Waals surface area contributed by atoms with E-state index in [1.54, 1.807) is 18.7 Å². The number of nitrogens with one attached hydrogen (secondary N) is 2. The normalized spacial score (nSPS) is 12.1. The van der Waals surface area contributed by atoms with E-state index in [2.05, 4.69) is 10.0 Å². The minimum atomic E-state index is -3.82. The summed E-state index contributed by atoms with van der Waals surface area (Å²) >= 11 is 7.84. The van der Waals surface area contributed by atoms with Crippen LogP contribution in [0, 0.1) is 0 Å². The van der Waals surface area contributed by atoms with Crippen molar-refractivity contribution in [3.8, 4) is 5.75 Å². The van der Waals surface area contributed by atoms with Gasteiger partial charge in [-0.25, -0.2) is 13.1 Å². The van der Waals surface area contributed by atoms with E-state index in [-0.39, 0.29) is 28.2 Å². The minimum absolute atomic E-state index is 0.00365. The number of ether oxygens (including phenoxy) is 1. The predicted molar refractivity (Wildman–Crippen MR) is 148 cm³/mol. The molecule has 37 heavy (non-hydrogen) atoms. The third kappa shape index (κ3) is 7.36. The second kappa shape index (κ2) is 12.3. The van der Waals surface area contributed by atoms with Crippen LogP contribution in [-0.2, 0) is 14.8 Å². The maximum absolute atomic E-state index is 12.8. The van der Waals surface area contributed by atoms with Crippen molar-refractivity contribution in [2.75, 3.05) is 11.9 Å². The second-order valence-electron chi connectivity index (χ2n) is 8.09. The van der Waals surface area contributed by atoms with Crippen molar-refractivity contribution in [3.63, 3.8) is 0 Å². The number of rotatable bonds is 10. The number of benzene rings is 4. The van der Waals surface area contributed by atoms with Gasteiger partial charge in [0.1, 0.15) is 5.75 Å². The Morgan fingerprint density at radius 2 is 1.57 bits per heavy atom. The van der Waals surface area contributed by atoms with E-state index < -0.39 is 16.1 Å². The van der Waals surface area contributed by atoms with Crippen LogP contribution in [0.4, 0.5) is 5.69 Å². The quantitative estimate of drug-likeness (QED) is 0.233. The molecule has 0 unspecified atom stereocenters. The summed E-state index contributed by atoms with van der Waals surface area (Å²) in [5.74, 6) is -0.161. The molecule has 9 heteroatoms. The zero-order valence-electron chi connectivity index (χ0n) is 19.9. The van der Waals surface area contributed by atoms with Gasteiger partial charge in [0.2, 0.25) is 10.0 Å². The number of para-hydroxylation sites is 1. The molecule has 0 bridgehead atoms. The lowest BCUT2D eigenvalue weighted by Crippen LogP contribution is -2.27. The van der Waals surface area contributed by atoms with Gasteiger partial charge in [0.25, 0.3) is 5.91 Å². The first kappa shape index (κ1) is 26.8. The Bertz CT molecular complexity index is 1470. The van der Waals surface area contributed by atoms with Crippen molar-refractivity contribution >= 4 is 45.0 Å². The van der Waals surface area contributed by atoms with Gasteiger partial charge < -0.3 is 10.1 Å². The summed E-state index contributed by atoms with van der Waals surface area (Å²) in [7, 11) is -3.82. The average Bonchev–Trinajstić information content (AvgIpc) is 2.90. The number of sulfonamides is 1. The van der Waals surface area contributed by atoms with E-state index in [9.17, 15) is 13.2 Å². The molecule has 0 aromatic heterocycles. The highest BCUT2D eigenvalue weighted by Gasteiger charge is 2.20. The minimum Gasteiger partial charge on any atom is -0.482 e. The van der Waals surface area contributed by atoms with Crippen molar-refractivity contribution < 1.29 is 17.9 Å². The molecular weight excluding hydrogens is 528 g/mol. The molecular formula is C28H25ClN2O4S2. The van der Waals surface area contributed by atoms with Crippen LogP contribution >= 0.6 is 23.4 Å². The van der Waals surface area contributed by atoms with E-state index in [0.29, 0.717) is 5.69 Å². The van der Waals surface area contributed by atoms with E-state index in [0.717, 1.165) is 15.4 Å². The Kier molecular flexibility index (Phi) is 8.89. The predicted octanol–water partition coefficient (Wildman–Crippen LogP) is 6.55. The van der Waals surface area contributed by atoms with Gasteiger partial charge in [-0.2, -0.15) is 0 Å². The molecule has 0 heterocycles. The van der Waals surface area contributed by atoms with Gasteiger partial charge in [-0.3, -0.25) is 4.79 Å². The number of halogens is 1. The summed E-state index contributed by atoms with van der Waals surface area (Å²) in [4.78, 5) is 14.5. The van der Waals surface area contributed by atoms with Crippen LogP contribution in [0.3, 0.4) is 0 Å². The Morgan fingerprint density at radius 3 is 2.27 bits per heavy atom. The SMILES string of the molecule is C[C@H](NS(=O)(=O)c1ccc(OCC(=O)Nc2ccccc2Sc2ccccc2)c(Cl)c1)c1ccccc1. The first-order valence-electron chi connectivity index (χ1n) is 11.4. The fourth-order valence-corrected chi connectivity index (χ4v) is 5.96. The monoisotopic (exact) mass is 552 g/mol. The van der Waals surface area contributed by atoms with E-state index in [1.807, 2.05) is 84.9 Å². The number of anilines is 1. The highest BCUT2D eigenvalue weighted by Crippen LogP contribution is 2.33. The van der Waals surface area contributed by atoms with Gasteiger partial charge in [0.05, 0.1) is 15.6 Å². The van der Waals surface area contributed by atoms with Crippen LogP contribution in [0.5, 0.6) is 5.75 Å². The number of hydrogen-bond donors (Lipinski definition) is 2. The van der Waals surface area contributed by atoms with Crippen molar-refractivity contribution in [2.45, 2.75) is 27.7 Å². The number of amides is 1. The number of carbonyl (C=O) groups excluding carboxylic acids is 1. The molecule has 6 nitrogen and oxygen atoms in total. The molecule has 0 radical (unpaired) electrons. The van der Waals surface area contributed by atoms with E-state index in [4.69, 9.17) is 16.3 Å². The largest absolute Gasteiger partial charge is 0.482 e. The lowest BCUT2D eigenvalue weighted by atomic mass is 10.1. The summed E-state index contributed by atoms with van der Waals surface area (Å²) in [5.41, 5.74) is 1.50. The lowest BCUT2D eigenvalue weighted by molar-refractivity contribution is -0.118. The fraction of sp³-hybridized carbons (Fsp3) is 0.107. The van der Waals surface area contributed by atoms with Crippen LogP contribution in [-0.4, -0.2) is 20.9 Å². The molecule has 4 aromatic rings. The van der Waals surface area contributed by atoms with Crippen LogP contribution in [0.25, 0.3) is 0 Å². The number of hydrogen-bond acceptors (Lipinski definition) is 5. The van der Waals surface area contributed by atoms with Crippen LogP contribution < -0.4 is 14.8 Å². The topological polar surface area (TPSA) is 84.5 Å². The molecule has 2 N–H and O–H groups in total. The summed E-state index contributed by atoms with van der Waals surface area (Å²) in [6, 6.07) is 30.3. The molecule has 0 aliphatic rings. The molecule has 1 atom stereocenters. The van der Waals surface area contributed by atoms with Gasteiger partial charge >= 0.3 is 0 Å². The smallest absolute Gasteiger partial charge is 0.262 e. The molecule has 0 fully saturated rings. The maximum atomic E-state index is 12.8. The third-order valence-electron chi connectivity index (χ3n) is 5.34. The Labute approximate surface area is 226 Å².